The standard InChI is InChI=1S/C15H19N3O/c1-2-18-13-6-4-3-5-12(13)17-15(18)9-14(19)11-7-8-16-10-11/h3-6,11,16H,2,7-10H2,1H3. The Kier molecular flexibility index (Phi) is 3.34. The molecule has 2 aromatic rings. The van der Waals surface area contributed by atoms with Crippen molar-refractivity contribution in [3.8, 4) is 0 Å². The minimum absolute atomic E-state index is 0.171. The molecule has 100 valence electrons. The largest absolute Gasteiger partial charge is 0.328 e. The number of nitrogens with zero attached hydrogens (tertiary/aromatic N) is 2. The van der Waals surface area contributed by atoms with Gasteiger partial charge in [-0.3, -0.25) is 4.79 Å². The molecule has 1 aromatic carbocycles. The summed E-state index contributed by atoms with van der Waals surface area (Å²) < 4.78 is 2.15. The highest BCUT2D eigenvalue weighted by Crippen LogP contribution is 2.18. The Balaban J connectivity index is 1.89. The normalized spacial score (nSPS) is 19.1. The summed E-state index contributed by atoms with van der Waals surface area (Å²) >= 11 is 0. The number of ketones is 1. The Hall–Kier alpha value is -1.68. The summed E-state index contributed by atoms with van der Waals surface area (Å²) in [6, 6.07) is 8.08. The molecule has 1 aliphatic heterocycles. The van der Waals surface area contributed by atoms with Crippen molar-refractivity contribution in [1.82, 2.24) is 14.9 Å². The van der Waals surface area contributed by atoms with Crippen molar-refractivity contribution in [2.45, 2.75) is 26.3 Å². The van der Waals surface area contributed by atoms with Gasteiger partial charge in [-0.05, 0) is 32.0 Å². The van der Waals surface area contributed by atoms with Crippen LogP contribution in [0.2, 0.25) is 0 Å². The highest BCUT2D eigenvalue weighted by molar-refractivity contribution is 5.84. The van der Waals surface area contributed by atoms with Crippen LogP contribution in [-0.2, 0) is 17.8 Å². The number of hydrogen-bond acceptors (Lipinski definition) is 3. The van der Waals surface area contributed by atoms with Gasteiger partial charge in [0, 0.05) is 19.0 Å². The first-order chi connectivity index (χ1) is 9.29. The fourth-order valence-electron chi connectivity index (χ4n) is 2.84. The molecular formula is C15H19N3O. The number of para-hydroxylation sites is 2. The lowest BCUT2D eigenvalue weighted by Gasteiger charge is -2.08. The van der Waals surface area contributed by atoms with E-state index < -0.39 is 0 Å². The smallest absolute Gasteiger partial charge is 0.144 e. The van der Waals surface area contributed by atoms with Crippen LogP contribution in [0.5, 0.6) is 0 Å². The monoisotopic (exact) mass is 257 g/mol. The third-order valence-electron chi connectivity index (χ3n) is 3.90. The van der Waals surface area contributed by atoms with Crippen molar-refractivity contribution in [1.29, 1.82) is 0 Å². The average molecular weight is 257 g/mol. The molecule has 1 aromatic heterocycles. The zero-order chi connectivity index (χ0) is 13.2. The van der Waals surface area contributed by atoms with Gasteiger partial charge in [-0.15, -0.1) is 0 Å². The van der Waals surface area contributed by atoms with Crippen LogP contribution in [0.25, 0.3) is 11.0 Å². The van der Waals surface area contributed by atoms with Gasteiger partial charge in [-0.25, -0.2) is 4.98 Å². The summed E-state index contributed by atoms with van der Waals surface area (Å²) in [5, 5.41) is 3.25. The molecule has 0 amide bonds. The lowest BCUT2D eigenvalue weighted by molar-refractivity contribution is -0.121. The molecule has 1 N–H and O–H groups in total. The molecule has 4 heteroatoms. The Morgan fingerprint density at radius 3 is 3.05 bits per heavy atom. The lowest BCUT2D eigenvalue weighted by atomic mass is 10.0. The number of imidazole rings is 1. The van der Waals surface area contributed by atoms with Crippen molar-refractivity contribution in [3.05, 3.63) is 30.1 Å². The SMILES string of the molecule is CCn1c(CC(=O)C2CCNC2)nc2ccccc21. The number of rotatable bonds is 4. The summed E-state index contributed by atoms with van der Waals surface area (Å²) in [6.45, 7) is 4.73. The number of fused-ring (bicyclic) bond motifs is 1. The molecular weight excluding hydrogens is 238 g/mol. The topological polar surface area (TPSA) is 46.9 Å². The molecule has 4 nitrogen and oxygen atoms in total. The van der Waals surface area contributed by atoms with Gasteiger partial charge < -0.3 is 9.88 Å². The predicted octanol–water partition coefficient (Wildman–Crippen LogP) is 1.78. The van der Waals surface area contributed by atoms with Crippen molar-refractivity contribution >= 4 is 16.8 Å². The van der Waals surface area contributed by atoms with Gasteiger partial charge in [-0.1, -0.05) is 12.1 Å². The van der Waals surface area contributed by atoms with Gasteiger partial charge >= 0.3 is 0 Å². The van der Waals surface area contributed by atoms with Crippen LogP contribution in [0.1, 0.15) is 19.2 Å². The lowest BCUT2D eigenvalue weighted by Crippen LogP contribution is -2.21. The third kappa shape index (κ3) is 2.28. The summed E-state index contributed by atoms with van der Waals surface area (Å²) in [5.74, 6) is 1.39. The Morgan fingerprint density at radius 2 is 2.32 bits per heavy atom. The second-order valence-electron chi connectivity index (χ2n) is 5.09. The molecule has 1 aliphatic rings. The van der Waals surface area contributed by atoms with Crippen molar-refractivity contribution in [3.63, 3.8) is 0 Å². The van der Waals surface area contributed by atoms with E-state index in [9.17, 15) is 4.79 Å². The van der Waals surface area contributed by atoms with Gasteiger partial charge in [0.25, 0.3) is 0 Å². The summed E-state index contributed by atoms with van der Waals surface area (Å²) in [6.07, 6.45) is 1.42. The van der Waals surface area contributed by atoms with E-state index in [4.69, 9.17) is 0 Å². The number of carbonyl (C=O) groups is 1. The molecule has 1 fully saturated rings. The average Bonchev–Trinajstić information content (AvgIpc) is 3.05. The van der Waals surface area contributed by atoms with Crippen LogP contribution in [0.15, 0.2) is 24.3 Å². The van der Waals surface area contributed by atoms with Gasteiger partial charge in [-0.2, -0.15) is 0 Å². The maximum atomic E-state index is 12.3. The van der Waals surface area contributed by atoms with Crippen molar-refractivity contribution in [2.75, 3.05) is 13.1 Å². The molecule has 2 heterocycles. The second-order valence-corrected chi connectivity index (χ2v) is 5.09. The molecule has 1 unspecified atom stereocenters. The minimum Gasteiger partial charge on any atom is -0.328 e. The molecule has 1 saturated heterocycles. The molecule has 3 rings (SSSR count). The Morgan fingerprint density at radius 1 is 1.47 bits per heavy atom. The molecule has 0 radical (unpaired) electrons. The number of benzene rings is 1. The van der Waals surface area contributed by atoms with Crippen LogP contribution in [0.3, 0.4) is 0 Å². The fourth-order valence-corrected chi connectivity index (χ4v) is 2.84. The van der Waals surface area contributed by atoms with Crippen LogP contribution >= 0.6 is 0 Å². The van der Waals surface area contributed by atoms with E-state index >= 15 is 0 Å². The maximum Gasteiger partial charge on any atom is 0.144 e. The number of hydrogen-bond donors (Lipinski definition) is 1. The van der Waals surface area contributed by atoms with Gasteiger partial charge in [0.2, 0.25) is 0 Å². The summed E-state index contributed by atoms with van der Waals surface area (Å²) in [4.78, 5) is 16.9. The number of nitrogens with one attached hydrogen (secondary N) is 1. The molecule has 0 bridgehead atoms. The molecule has 0 aliphatic carbocycles. The molecule has 0 saturated carbocycles. The molecule has 19 heavy (non-hydrogen) atoms. The first-order valence-corrected chi connectivity index (χ1v) is 6.97. The van der Waals surface area contributed by atoms with E-state index in [-0.39, 0.29) is 5.92 Å². The van der Waals surface area contributed by atoms with E-state index in [0.29, 0.717) is 12.2 Å². The summed E-state index contributed by atoms with van der Waals surface area (Å²) in [5.41, 5.74) is 2.11. The van der Waals surface area contributed by atoms with Crippen LogP contribution in [0.4, 0.5) is 0 Å². The van der Waals surface area contributed by atoms with E-state index in [0.717, 1.165) is 42.9 Å². The van der Waals surface area contributed by atoms with Gasteiger partial charge in [0.15, 0.2) is 0 Å². The van der Waals surface area contributed by atoms with E-state index in [2.05, 4.69) is 27.9 Å². The fraction of sp³-hybridized carbons (Fsp3) is 0.467. The number of carbonyl (C=O) groups excluding carboxylic acids is 1. The molecule has 1 atom stereocenters. The van der Waals surface area contributed by atoms with E-state index in [1.165, 1.54) is 0 Å². The Labute approximate surface area is 112 Å². The van der Waals surface area contributed by atoms with E-state index in [1.54, 1.807) is 0 Å². The zero-order valence-corrected chi connectivity index (χ0v) is 11.2. The van der Waals surface area contributed by atoms with Gasteiger partial charge in [0.1, 0.15) is 11.6 Å². The van der Waals surface area contributed by atoms with Gasteiger partial charge in [0.05, 0.1) is 17.5 Å². The zero-order valence-electron chi connectivity index (χ0n) is 11.2. The van der Waals surface area contributed by atoms with E-state index in [1.807, 2.05) is 18.2 Å². The predicted molar refractivity (Wildman–Crippen MR) is 75.1 cm³/mol. The highest BCUT2D eigenvalue weighted by Gasteiger charge is 2.24. The second kappa shape index (κ2) is 5.13. The minimum atomic E-state index is 0.171. The quantitative estimate of drug-likeness (QED) is 0.908. The number of aromatic nitrogens is 2. The van der Waals surface area contributed by atoms with Crippen LogP contribution in [-0.4, -0.2) is 28.4 Å². The maximum absolute atomic E-state index is 12.3. The summed E-state index contributed by atoms with van der Waals surface area (Å²) in [7, 11) is 0. The number of Topliss-reactive ketones (excluding diaryl/α,β-unsaturated/α-hetero) is 1. The van der Waals surface area contributed by atoms with Crippen LogP contribution < -0.4 is 5.32 Å². The van der Waals surface area contributed by atoms with Crippen molar-refractivity contribution in [2.24, 2.45) is 5.92 Å². The first kappa shape index (κ1) is 12.4. The highest BCUT2D eigenvalue weighted by atomic mass is 16.1. The van der Waals surface area contributed by atoms with Crippen molar-refractivity contribution < 1.29 is 4.79 Å². The number of aryl methyl sites for hydroxylation is 1. The third-order valence-corrected chi connectivity index (χ3v) is 3.90. The molecule has 0 spiro atoms. The van der Waals surface area contributed by atoms with Crippen LogP contribution in [0, 0.1) is 5.92 Å². The Bertz CT molecular complexity index is 596. The first-order valence-electron chi connectivity index (χ1n) is 6.97.